The number of carbonyl (C=O) groups is 1. The average molecular weight is 591 g/mol. The number of nitrogens with one attached hydrogen (secondary N) is 2. The van der Waals surface area contributed by atoms with E-state index in [1.165, 1.54) is 55.6 Å². The molecular weight excluding hydrogens is 544 g/mol. The number of rotatable bonds is 15. The van der Waals surface area contributed by atoms with Crippen LogP contribution in [0.3, 0.4) is 0 Å². The van der Waals surface area contributed by atoms with Gasteiger partial charge in [0, 0.05) is 57.8 Å². The summed E-state index contributed by atoms with van der Waals surface area (Å²) >= 11 is 0. The number of fused-ring (bicyclic) bond motifs is 2. The van der Waals surface area contributed by atoms with E-state index in [4.69, 9.17) is 4.74 Å². The molecule has 2 unspecified atom stereocenters. The highest BCUT2D eigenvalue weighted by Gasteiger charge is 2.35. The molecule has 1 aliphatic carbocycles. The zero-order valence-corrected chi connectivity index (χ0v) is 25.3. The van der Waals surface area contributed by atoms with Gasteiger partial charge in [-0.15, -0.1) is 0 Å². The summed E-state index contributed by atoms with van der Waals surface area (Å²) < 4.78 is 5.75. The van der Waals surface area contributed by atoms with Crippen molar-refractivity contribution in [1.29, 1.82) is 0 Å². The van der Waals surface area contributed by atoms with Gasteiger partial charge < -0.3 is 35.1 Å². The number of nitrogens with zero attached hydrogens (tertiary/aromatic N) is 2. The van der Waals surface area contributed by atoms with Gasteiger partial charge in [-0.2, -0.15) is 0 Å². The summed E-state index contributed by atoms with van der Waals surface area (Å²) in [5.74, 6) is 1.88. The van der Waals surface area contributed by atoms with Crippen molar-refractivity contribution < 1.29 is 19.7 Å². The fourth-order valence-electron chi connectivity index (χ4n) is 6.59. The van der Waals surface area contributed by atoms with Gasteiger partial charge in [0.2, 0.25) is 11.5 Å². The molecular formula is C34H46N4O5. The maximum absolute atomic E-state index is 12.5. The Hall–Kier alpha value is -3.24. The molecule has 1 aromatic heterocycles. The first-order valence-electron chi connectivity index (χ1n) is 15.7. The Balaban J connectivity index is 0.922. The van der Waals surface area contributed by atoms with Crippen molar-refractivity contribution in [3.8, 4) is 5.75 Å². The average Bonchev–Trinajstić information content (AvgIpc) is 3.61. The zero-order chi connectivity index (χ0) is 30.2. The first kappa shape index (κ1) is 31.2. The molecule has 3 atom stereocenters. The number of aliphatic hydroxyl groups is 1. The normalized spacial score (nSPS) is 19.1. The molecule has 1 amide bonds. The third-order valence-electron chi connectivity index (χ3n) is 9.19. The Morgan fingerprint density at radius 2 is 1.77 bits per heavy atom. The summed E-state index contributed by atoms with van der Waals surface area (Å²) in [5, 5.41) is 24.5. The molecule has 43 heavy (non-hydrogen) atoms. The quantitative estimate of drug-likeness (QED) is 0.201. The Morgan fingerprint density at radius 1 is 1.05 bits per heavy atom. The maximum atomic E-state index is 12.5. The summed E-state index contributed by atoms with van der Waals surface area (Å²) in [6, 6.07) is 15.0. The fourth-order valence-corrected chi connectivity index (χ4v) is 6.59. The number of aromatic hydroxyl groups is 1. The third-order valence-corrected chi connectivity index (χ3v) is 9.19. The number of aliphatic hydroxyl groups excluding tert-OH is 1. The monoisotopic (exact) mass is 590 g/mol. The molecule has 232 valence electrons. The van der Waals surface area contributed by atoms with Crippen LogP contribution in [-0.4, -0.2) is 90.4 Å². The first-order chi connectivity index (χ1) is 20.9. The van der Waals surface area contributed by atoms with Crippen LogP contribution in [0.25, 0.3) is 10.9 Å². The zero-order valence-electron chi connectivity index (χ0n) is 25.3. The molecule has 9 heteroatoms. The van der Waals surface area contributed by atoms with Crippen LogP contribution in [0, 0.1) is 11.8 Å². The number of ether oxygens (including phenoxy) is 1. The lowest BCUT2D eigenvalue weighted by Crippen LogP contribution is -2.35. The summed E-state index contributed by atoms with van der Waals surface area (Å²) in [6.07, 6.45) is 5.73. The molecule has 0 bridgehead atoms. The largest absolute Gasteiger partial charge is 0.506 e. The predicted molar refractivity (Wildman–Crippen MR) is 168 cm³/mol. The van der Waals surface area contributed by atoms with E-state index in [0.717, 1.165) is 31.2 Å². The molecule has 3 aromatic rings. The van der Waals surface area contributed by atoms with Gasteiger partial charge in [0.1, 0.15) is 5.75 Å². The molecule has 1 saturated carbocycles. The van der Waals surface area contributed by atoms with E-state index in [1.54, 1.807) is 24.1 Å². The van der Waals surface area contributed by atoms with Crippen LogP contribution in [0.5, 0.6) is 5.75 Å². The standard InChI is InChI=1S/C34H46N4O5/c1-37(18-16-35-21-31(40)28-9-11-30(39)34-29(28)10-12-32(41)36-34)33(42)15-20-43-19-14-25-7-5-24(6-8-25)13-17-38-22-26-3-2-4-27(26)23-38/h5-12,26-27,31,35,39-40H,2-4,13-23H2,1H3,(H,36,41)/t26?,27?,31-/m0/s1. The number of benzene rings is 2. The van der Waals surface area contributed by atoms with Crippen LogP contribution < -0.4 is 10.9 Å². The number of aromatic amines is 1. The highest BCUT2D eigenvalue weighted by Crippen LogP contribution is 2.37. The van der Waals surface area contributed by atoms with Gasteiger partial charge >= 0.3 is 0 Å². The highest BCUT2D eigenvalue weighted by atomic mass is 16.5. The molecule has 0 radical (unpaired) electrons. The number of phenolic OH excluding ortho intramolecular Hbond substituents is 1. The minimum absolute atomic E-state index is 0.0156. The number of hydrogen-bond acceptors (Lipinski definition) is 7. The fraction of sp³-hybridized carbons (Fsp3) is 0.529. The van der Waals surface area contributed by atoms with Crippen molar-refractivity contribution in [2.45, 2.75) is 44.6 Å². The lowest BCUT2D eigenvalue weighted by Gasteiger charge is -2.19. The number of amides is 1. The summed E-state index contributed by atoms with van der Waals surface area (Å²) in [5.41, 5.74) is 3.24. The number of phenols is 1. The second-order valence-corrected chi connectivity index (χ2v) is 12.2. The number of H-pyrrole nitrogens is 1. The summed E-state index contributed by atoms with van der Waals surface area (Å²) in [4.78, 5) is 31.0. The topological polar surface area (TPSA) is 118 Å². The lowest BCUT2D eigenvalue weighted by atomic mass is 10.0. The Labute approximate surface area is 253 Å². The van der Waals surface area contributed by atoms with E-state index in [2.05, 4.69) is 39.5 Å². The van der Waals surface area contributed by atoms with Crippen LogP contribution >= 0.6 is 0 Å². The van der Waals surface area contributed by atoms with Crippen LogP contribution in [0.4, 0.5) is 0 Å². The molecule has 2 heterocycles. The van der Waals surface area contributed by atoms with E-state index in [0.29, 0.717) is 49.2 Å². The van der Waals surface area contributed by atoms with Crippen LogP contribution in [-0.2, 0) is 22.4 Å². The van der Waals surface area contributed by atoms with E-state index in [9.17, 15) is 19.8 Å². The van der Waals surface area contributed by atoms with Crippen molar-refractivity contribution in [2.75, 3.05) is 59.5 Å². The highest BCUT2D eigenvalue weighted by molar-refractivity contribution is 5.87. The van der Waals surface area contributed by atoms with Gasteiger partial charge in [0.25, 0.3) is 0 Å². The van der Waals surface area contributed by atoms with E-state index < -0.39 is 6.10 Å². The lowest BCUT2D eigenvalue weighted by molar-refractivity contribution is -0.131. The minimum Gasteiger partial charge on any atom is -0.506 e. The molecule has 2 aromatic carbocycles. The second kappa shape index (κ2) is 15.0. The van der Waals surface area contributed by atoms with Gasteiger partial charge in [0.15, 0.2) is 0 Å². The second-order valence-electron chi connectivity index (χ2n) is 12.2. The van der Waals surface area contributed by atoms with Gasteiger partial charge in [-0.3, -0.25) is 9.59 Å². The van der Waals surface area contributed by atoms with E-state index >= 15 is 0 Å². The van der Waals surface area contributed by atoms with Crippen LogP contribution in [0.1, 0.15) is 48.5 Å². The number of aromatic nitrogens is 1. The van der Waals surface area contributed by atoms with Gasteiger partial charge in [-0.05, 0) is 66.3 Å². The number of carbonyl (C=O) groups excluding carboxylic acids is 1. The van der Waals surface area contributed by atoms with Crippen molar-refractivity contribution in [2.24, 2.45) is 11.8 Å². The van der Waals surface area contributed by atoms with Crippen molar-refractivity contribution in [3.05, 3.63) is 75.6 Å². The number of pyridine rings is 1. The summed E-state index contributed by atoms with van der Waals surface area (Å²) in [7, 11) is 1.77. The molecule has 0 spiro atoms. The van der Waals surface area contributed by atoms with E-state index in [1.807, 2.05) is 0 Å². The molecule has 1 saturated heterocycles. The smallest absolute Gasteiger partial charge is 0.248 e. The molecule has 4 N–H and O–H groups in total. The first-order valence-corrected chi connectivity index (χ1v) is 15.7. The predicted octanol–water partition coefficient (Wildman–Crippen LogP) is 3.24. The van der Waals surface area contributed by atoms with Gasteiger partial charge in [-0.1, -0.05) is 36.8 Å². The van der Waals surface area contributed by atoms with Crippen molar-refractivity contribution in [1.82, 2.24) is 20.1 Å². The third kappa shape index (κ3) is 8.44. The number of likely N-dealkylation sites (N-methyl/N-ethyl adjacent to an activating group) is 1. The van der Waals surface area contributed by atoms with E-state index in [-0.39, 0.29) is 23.8 Å². The molecule has 2 fully saturated rings. The van der Waals surface area contributed by atoms with Gasteiger partial charge in [0.05, 0.1) is 31.3 Å². The Kier molecular flexibility index (Phi) is 10.9. The molecule has 5 rings (SSSR count). The number of hydrogen-bond donors (Lipinski definition) is 4. The maximum Gasteiger partial charge on any atom is 0.248 e. The van der Waals surface area contributed by atoms with Crippen molar-refractivity contribution >= 4 is 16.8 Å². The summed E-state index contributed by atoms with van der Waals surface area (Å²) in [6.45, 7) is 6.02. The Morgan fingerprint density at radius 3 is 2.51 bits per heavy atom. The Bertz CT molecular complexity index is 1400. The SMILES string of the molecule is CN(CCNC[C@H](O)c1ccc(O)c2[nH]c(=O)ccc12)C(=O)CCOCCc1ccc(CCN2CC3CCCC3C2)cc1. The number of likely N-dealkylation sites (tertiary alicyclic amines) is 1. The van der Waals surface area contributed by atoms with Crippen molar-refractivity contribution in [3.63, 3.8) is 0 Å². The van der Waals surface area contributed by atoms with Crippen LogP contribution in [0.15, 0.2) is 53.3 Å². The van der Waals surface area contributed by atoms with Gasteiger partial charge in [-0.25, -0.2) is 0 Å². The molecule has 9 nitrogen and oxygen atoms in total. The van der Waals surface area contributed by atoms with Crippen LogP contribution in [0.2, 0.25) is 0 Å². The minimum atomic E-state index is -0.839. The molecule has 1 aliphatic heterocycles. The molecule has 2 aliphatic rings.